The van der Waals surface area contributed by atoms with E-state index in [4.69, 9.17) is 11.6 Å². The van der Waals surface area contributed by atoms with E-state index in [-0.39, 0.29) is 11.7 Å². The Hall–Kier alpha value is -1.55. The van der Waals surface area contributed by atoms with Crippen molar-refractivity contribution in [2.24, 2.45) is 0 Å². The van der Waals surface area contributed by atoms with Gasteiger partial charge in [0.25, 0.3) is 5.24 Å². The van der Waals surface area contributed by atoms with Crippen LogP contribution in [0.5, 0.6) is 0 Å². The van der Waals surface area contributed by atoms with E-state index in [1.165, 1.54) is 0 Å². The molecule has 0 fully saturated rings. The van der Waals surface area contributed by atoms with E-state index < -0.39 is 5.24 Å². The Labute approximate surface area is 96.8 Å². The van der Waals surface area contributed by atoms with E-state index >= 15 is 0 Å². The first-order valence-electron chi connectivity index (χ1n) is 4.95. The zero-order chi connectivity index (χ0) is 11.9. The lowest BCUT2D eigenvalue weighted by atomic mass is 10.2. The number of imidazole rings is 1. The van der Waals surface area contributed by atoms with Crippen LogP contribution in [0.2, 0.25) is 0 Å². The van der Waals surface area contributed by atoms with Crippen molar-refractivity contribution >= 4 is 27.9 Å². The van der Waals surface area contributed by atoms with E-state index in [2.05, 4.69) is 4.98 Å². The highest BCUT2D eigenvalue weighted by molar-refractivity contribution is 6.68. The highest BCUT2D eigenvalue weighted by Gasteiger charge is 2.14. The van der Waals surface area contributed by atoms with Crippen LogP contribution in [0.1, 0.15) is 30.2 Å². The molecule has 0 bridgehead atoms. The van der Waals surface area contributed by atoms with Crippen LogP contribution in [0.25, 0.3) is 11.0 Å². The van der Waals surface area contributed by atoms with Gasteiger partial charge >= 0.3 is 5.69 Å². The van der Waals surface area contributed by atoms with Gasteiger partial charge < -0.3 is 4.98 Å². The number of carbonyl (C=O) groups is 1. The van der Waals surface area contributed by atoms with E-state index in [1.54, 1.807) is 22.8 Å². The summed E-state index contributed by atoms with van der Waals surface area (Å²) in [6.07, 6.45) is 0. The molecule has 0 radical (unpaired) electrons. The smallest absolute Gasteiger partial charge is 0.305 e. The largest absolute Gasteiger partial charge is 0.326 e. The van der Waals surface area contributed by atoms with Gasteiger partial charge in [-0.25, -0.2) is 4.79 Å². The summed E-state index contributed by atoms with van der Waals surface area (Å²) in [5, 5.41) is -0.567. The third kappa shape index (κ3) is 1.55. The summed E-state index contributed by atoms with van der Waals surface area (Å²) in [5.41, 5.74) is 1.30. The lowest BCUT2D eigenvalue weighted by molar-refractivity contribution is 0.108. The van der Waals surface area contributed by atoms with Gasteiger partial charge in [-0.3, -0.25) is 9.36 Å². The number of nitrogens with one attached hydrogen (secondary N) is 1. The number of aromatic nitrogens is 2. The first-order valence-corrected chi connectivity index (χ1v) is 5.33. The molecular weight excluding hydrogens is 228 g/mol. The molecule has 1 aromatic heterocycles. The maximum Gasteiger partial charge on any atom is 0.326 e. The summed E-state index contributed by atoms with van der Waals surface area (Å²) in [4.78, 5) is 25.6. The van der Waals surface area contributed by atoms with Gasteiger partial charge in [-0.15, -0.1) is 0 Å². The standard InChI is InChI=1S/C11H11ClN2O2/c1-6(2)14-8-5-3-4-7(10(12)15)9(8)13-11(14)16/h3-6H,1-2H3,(H,13,16). The summed E-state index contributed by atoms with van der Waals surface area (Å²) < 4.78 is 1.60. The number of halogens is 1. The molecule has 0 unspecified atom stereocenters. The van der Waals surface area contributed by atoms with Gasteiger partial charge in [0.2, 0.25) is 0 Å². The average Bonchev–Trinajstić information content (AvgIpc) is 2.52. The fourth-order valence-corrected chi connectivity index (χ4v) is 1.98. The number of benzene rings is 1. The first kappa shape index (κ1) is 11.0. The molecule has 0 spiro atoms. The number of rotatable bonds is 2. The molecule has 84 valence electrons. The summed E-state index contributed by atoms with van der Waals surface area (Å²) in [5.74, 6) is 0. The number of hydrogen-bond acceptors (Lipinski definition) is 2. The van der Waals surface area contributed by atoms with Gasteiger partial charge in [-0.2, -0.15) is 0 Å². The minimum atomic E-state index is -0.567. The normalized spacial score (nSPS) is 11.2. The Morgan fingerprint density at radius 3 is 2.69 bits per heavy atom. The molecule has 1 N–H and O–H groups in total. The number of carbonyl (C=O) groups excluding carboxylic acids is 1. The van der Waals surface area contributed by atoms with Crippen molar-refractivity contribution in [3.63, 3.8) is 0 Å². The maximum absolute atomic E-state index is 11.7. The van der Waals surface area contributed by atoms with Crippen LogP contribution < -0.4 is 5.69 Å². The predicted octanol–water partition coefficient (Wildman–Crippen LogP) is 2.29. The van der Waals surface area contributed by atoms with E-state index in [1.807, 2.05) is 13.8 Å². The second kappa shape index (κ2) is 3.79. The van der Waals surface area contributed by atoms with Crippen molar-refractivity contribution in [1.29, 1.82) is 0 Å². The molecule has 16 heavy (non-hydrogen) atoms. The molecule has 0 aliphatic carbocycles. The molecule has 0 aliphatic heterocycles. The van der Waals surface area contributed by atoms with Crippen molar-refractivity contribution in [3.05, 3.63) is 34.2 Å². The predicted molar refractivity (Wildman–Crippen MR) is 63.1 cm³/mol. The van der Waals surface area contributed by atoms with Gasteiger partial charge in [-0.1, -0.05) is 6.07 Å². The number of aromatic amines is 1. The summed E-state index contributed by atoms with van der Waals surface area (Å²) in [6.45, 7) is 3.81. The van der Waals surface area contributed by atoms with Crippen molar-refractivity contribution in [2.45, 2.75) is 19.9 Å². The molecule has 0 amide bonds. The van der Waals surface area contributed by atoms with Crippen LogP contribution in [-0.2, 0) is 0 Å². The maximum atomic E-state index is 11.7. The first-order chi connectivity index (χ1) is 7.52. The van der Waals surface area contributed by atoms with Crippen molar-refractivity contribution in [2.75, 3.05) is 0 Å². The molecule has 1 aromatic carbocycles. The van der Waals surface area contributed by atoms with Gasteiger partial charge in [0.05, 0.1) is 16.6 Å². The number of fused-ring (bicyclic) bond motifs is 1. The van der Waals surface area contributed by atoms with E-state index in [0.29, 0.717) is 16.6 Å². The third-order valence-electron chi connectivity index (χ3n) is 2.48. The zero-order valence-electron chi connectivity index (χ0n) is 8.95. The quantitative estimate of drug-likeness (QED) is 0.817. The Balaban J connectivity index is 2.88. The number of hydrogen-bond donors (Lipinski definition) is 1. The minimum absolute atomic E-state index is 0.0296. The highest BCUT2D eigenvalue weighted by atomic mass is 35.5. The summed E-state index contributed by atoms with van der Waals surface area (Å²) >= 11 is 5.45. The van der Waals surface area contributed by atoms with Crippen LogP contribution in [0.15, 0.2) is 23.0 Å². The highest BCUT2D eigenvalue weighted by Crippen LogP contribution is 2.19. The molecule has 4 nitrogen and oxygen atoms in total. The van der Waals surface area contributed by atoms with E-state index in [0.717, 1.165) is 0 Å². The van der Waals surface area contributed by atoms with Gasteiger partial charge in [0.15, 0.2) is 0 Å². The second-order valence-electron chi connectivity index (χ2n) is 3.87. The molecule has 5 heteroatoms. The van der Waals surface area contributed by atoms with Crippen LogP contribution >= 0.6 is 11.6 Å². The summed E-state index contributed by atoms with van der Waals surface area (Å²) in [7, 11) is 0. The van der Waals surface area contributed by atoms with Gasteiger partial charge in [0, 0.05) is 6.04 Å². The number of H-pyrrole nitrogens is 1. The second-order valence-corrected chi connectivity index (χ2v) is 4.21. The fraction of sp³-hybridized carbons (Fsp3) is 0.273. The van der Waals surface area contributed by atoms with Crippen LogP contribution in [0.4, 0.5) is 0 Å². The molecule has 0 saturated carbocycles. The lowest BCUT2D eigenvalue weighted by Gasteiger charge is -2.06. The van der Waals surface area contributed by atoms with E-state index in [9.17, 15) is 9.59 Å². The van der Waals surface area contributed by atoms with Crippen molar-refractivity contribution in [3.8, 4) is 0 Å². The zero-order valence-corrected chi connectivity index (χ0v) is 9.71. The fourth-order valence-electron chi connectivity index (χ4n) is 1.83. The molecule has 0 saturated heterocycles. The van der Waals surface area contributed by atoms with Crippen LogP contribution in [-0.4, -0.2) is 14.8 Å². The molecule has 1 heterocycles. The summed E-state index contributed by atoms with van der Waals surface area (Å²) in [6, 6.07) is 5.13. The minimum Gasteiger partial charge on any atom is -0.305 e. The molecule has 0 atom stereocenters. The lowest BCUT2D eigenvalue weighted by Crippen LogP contribution is -2.18. The molecule has 0 aliphatic rings. The average molecular weight is 239 g/mol. The Kier molecular flexibility index (Phi) is 2.59. The van der Waals surface area contributed by atoms with Crippen LogP contribution in [0.3, 0.4) is 0 Å². The number of nitrogens with zero attached hydrogens (tertiary/aromatic N) is 1. The topological polar surface area (TPSA) is 54.9 Å². The Bertz CT molecular complexity index is 610. The van der Waals surface area contributed by atoms with Crippen LogP contribution in [0, 0.1) is 0 Å². The van der Waals surface area contributed by atoms with Crippen molar-refractivity contribution < 1.29 is 4.79 Å². The monoisotopic (exact) mass is 238 g/mol. The SMILES string of the molecule is CC(C)n1c(=O)[nH]c2c(C(=O)Cl)cccc21. The van der Waals surface area contributed by atoms with Gasteiger partial charge in [0.1, 0.15) is 0 Å². The molecular formula is C11H11ClN2O2. The van der Waals surface area contributed by atoms with Gasteiger partial charge in [-0.05, 0) is 37.6 Å². The Morgan fingerprint density at radius 1 is 1.44 bits per heavy atom. The molecule has 2 rings (SSSR count). The molecule has 2 aromatic rings. The van der Waals surface area contributed by atoms with Crippen molar-refractivity contribution in [1.82, 2.24) is 9.55 Å². The number of para-hydroxylation sites is 1. The Morgan fingerprint density at radius 2 is 2.12 bits per heavy atom. The third-order valence-corrected chi connectivity index (χ3v) is 2.68.